The summed E-state index contributed by atoms with van der Waals surface area (Å²) in [6, 6.07) is 7.11. The van der Waals surface area contributed by atoms with E-state index in [1.165, 1.54) is 10.7 Å². The normalized spacial score (nSPS) is 16.6. The Labute approximate surface area is 224 Å². The molecule has 1 amide bonds. The van der Waals surface area contributed by atoms with Crippen LogP contribution in [0.3, 0.4) is 0 Å². The van der Waals surface area contributed by atoms with Crippen molar-refractivity contribution < 1.29 is 22.7 Å². The lowest BCUT2D eigenvalue weighted by molar-refractivity contribution is -0.137. The number of rotatable bonds is 4. The van der Waals surface area contributed by atoms with Crippen LogP contribution in [0.5, 0.6) is 0 Å². The molecule has 2 N–H and O–H groups in total. The number of nitrogens with zero attached hydrogens (tertiary/aromatic N) is 6. The molecular weight excluding hydrogens is 511 g/mol. The summed E-state index contributed by atoms with van der Waals surface area (Å²) in [7, 11) is 0. The highest BCUT2D eigenvalue weighted by Gasteiger charge is 2.31. The lowest BCUT2D eigenvalue weighted by atomic mass is 10.1. The van der Waals surface area contributed by atoms with Gasteiger partial charge in [0.2, 0.25) is 0 Å². The maximum atomic E-state index is 13.1. The van der Waals surface area contributed by atoms with Crippen molar-refractivity contribution in [1.82, 2.24) is 24.5 Å². The van der Waals surface area contributed by atoms with Crippen LogP contribution >= 0.6 is 0 Å². The first kappa shape index (κ1) is 28.0. The van der Waals surface area contributed by atoms with Gasteiger partial charge in [-0.2, -0.15) is 28.6 Å². The third-order valence-electron chi connectivity index (χ3n) is 6.55. The number of nitriles is 1. The highest BCUT2D eigenvalue weighted by atomic mass is 19.4. The van der Waals surface area contributed by atoms with Crippen molar-refractivity contribution in [3.8, 4) is 17.3 Å². The molecule has 1 aromatic carbocycles. The van der Waals surface area contributed by atoms with E-state index in [1.54, 1.807) is 28.8 Å². The molecule has 1 saturated heterocycles. The summed E-state index contributed by atoms with van der Waals surface area (Å²) in [6.07, 6.45) is -1.12. The van der Waals surface area contributed by atoms with Gasteiger partial charge >= 0.3 is 12.3 Å². The summed E-state index contributed by atoms with van der Waals surface area (Å²) in [4.78, 5) is 14.2. The molecule has 4 rings (SSSR count). The van der Waals surface area contributed by atoms with Gasteiger partial charge in [-0.05, 0) is 64.7 Å². The fourth-order valence-corrected chi connectivity index (χ4v) is 4.72. The van der Waals surface area contributed by atoms with Crippen LogP contribution in [0, 0.1) is 18.3 Å². The summed E-state index contributed by atoms with van der Waals surface area (Å²) in [5.74, 6) is 0.230. The number of benzene rings is 1. The average Bonchev–Trinajstić information content (AvgIpc) is 3.24. The lowest BCUT2D eigenvalue weighted by Gasteiger charge is -2.26. The van der Waals surface area contributed by atoms with E-state index in [2.05, 4.69) is 11.2 Å². The van der Waals surface area contributed by atoms with E-state index in [1.807, 2.05) is 20.8 Å². The maximum Gasteiger partial charge on any atom is 0.416 e. The number of halogens is 3. The molecule has 208 valence electrons. The Morgan fingerprint density at radius 2 is 1.95 bits per heavy atom. The molecule has 0 spiro atoms. The van der Waals surface area contributed by atoms with Gasteiger partial charge in [0.15, 0.2) is 0 Å². The van der Waals surface area contributed by atoms with Gasteiger partial charge in [-0.1, -0.05) is 12.1 Å². The minimum atomic E-state index is -4.44. The second-order valence-corrected chi connectivity index (χ2v) is 10.7. The maximum absolute atomic E-state index is 13.1. The van der Waals surface area contributed by atoms with Crippen LogP contribution in [-0.4, -0.2) is 49.2 Å². The van der Waals surface area contributed by atoms with E-state index in [4.69, 9.17) is 15.6 Å². The second-order valence-electron chi connectivity index (χ2n) is 10.7. The molecule has 0 radical (unpaired) electrons. The number of carbonyl (C=O) groups is 1. The minimum Gasteiger partial charge on any atom is -0.444 e. The largest absolute Gasteiger partial charge is 0.444 e. The van der Waals surface area contributed by atoms with Crippen LogP contribution in [0.4, 0.5) is 23.8 Å². The number of amides is 1. The number of carbonyl (C=O) groups excluding carboxylic acids is 1. The van der Waals surface area contributed by atoms with Gasteiger partial charge in [0.25, 0.3) is 0 Å². The van der Waals surface area contributed by atoms with Crippen LogP contribution in [0.1, 0.15) is 68.5 Å². The lowest BCUT2D eigenvalue weighted by Crippen LogP contribution is -2.37. The predicted octanol–water partition coefficient (Wildman–Crippen LogP) is 5.54. The Bertz CT molecular complexity index is 1400. The fraction of sp³-hybridized carbons (Fsp3) is 0.481. The first-order valence-corrected chi connectivity index (χ1v) is 12.7. The number of alkyl halides is 3. The predicted molar refractivity (Wildman–Crippen MR) is 139 cm³/mol. The Kier molecular flexibility index (Phi) is 7.63. The Hall–Kier alpha value is -4.01. The molecule has 0 saturated carbocycles. The number of nitrogen functional groups attached to an aromatic ring is 1. The Morgan fingerprint density at radius 1 is 1.21 bits per heavy atom. The van der Waals surface area contributed by atoms with Crippen molar-refractivity contribution in [2.75, 3.05) is 18.8 Å². The Balaban J connectivity index is 1.57. The van der Waals surface area contributed by atoms with Crippen molar-refractivity contribution in [3.63, 3.8) is 0 Å². The van der Waals surface area contributed by atoms with Gasteiger partial charge in [-0.15, -0.1) is 0 Å². The number of nitrogens with two attached hydrogens (primary N) is 1. The molecule has 1 aliphatic rings. The van der Waals surface area contributed by atoms with Gasteiger partial charge in [0, 0.05) is 24.8 Å². The number of ether oxygens (including phenoxy) is 1. The Morgan fingerprint density at radius 3 is 2.62 bits per heavy atom. The molecule has 1 fully saturated rings. The van der Waals surface area contributed by atoms with Gasteiger partial charge in [-0.25, -0.2) is 9.48 Å². The molecule has 2 aromatic heterocycles. The van der Waals surface area contributed by atoms with Gasteiger partial charge in [0.1, 0.15) is 28.7 Å². The standard InChI is InChI=1S/C27H32F3N7O2/c1-17-22(16-36(33-17)15-18-7-5-8-19(13-18)27(28,29)30)23-21(14-31)24(32)37(34-23)20-9-6-11-35(12-10-20)25(38)39-26(2,3)4/h5,7-8,13,16,20H,6,9-12,15,32H2,1-4H3/t20-/m0/s1. The molecule has 1 atom stereocenters. The van der Waals surface area contributed by atoms with Crippen molar-refractivity contribution in [2.24, 2.45) is 0 Å². The quantitative estimate of drug-likeness (QED) is 0.462. The van der Waals surface area contributed by atoms with Gasteiger partial charge < -0.3 is 15.4 Å². The van der Waals surface area contributed by atoms with Crippen LogP contribution in [0.25, 0.3) is 11.3 Å². The molecule has 1 aliphatic heterocycles. The molecule has 3 heterocycles. The average molecular weight is 544 g/mol. The van der Waals surface area contributed by atoms with E-state index in [-0.39, 0.29) is 30.1 Å². The van der Waals surface area contributed by atoms with E-state index >= 15 is 0 Å². The molecule has 0 bridgehead atoms. The summed E-state index contributed by atoms with van der Waals surface area (Å²) in [5.41, 5.74) is 7.25. The molecule has 0 aliphatic carbocycles. The summed E-state index contributed by atoms with van der Waals surface area (Å²) < 4.78 is 48.1. The van der Waals surface area contributed by atoms with E-state index in [0.717, 1.165) is 12.1 Å². The number of hydrogen-bond acceptors (Lipinski definition) is 6. The molecule has 39 heavy (non-hydrogen) atoms. The smallest absolute Gasteiger partial charge is 0.416 e. The van der Waals surface area contributed by atoms with E-state index in [0.29, 0.717) is 54.9 Å². The molecule has 12 heteroatoms. The van der Waals surface area contributed by atoms with E-state index in [9.17, 15) is 23.2 Å². The zero-order valence-corrected chi connectivity index (χ0v) is 22.4. The summed E-state index contributed by atoms with van der Waals surface area (Å²) >= 11 is 0. The molecular formula is C27H32F3N7O2. The SMILES string of the molecule is Cc1nn(Cc2cccc(C(F)(F)F)c2)cc1-c1nn([C@H]2CCCN(C(=O)OC(C)(C)C)CC2)c(N)c1C#N. The fourth-order valence-electron chi connectivity index (χ4n) is 4.72. The van der Waals surface area contributed by atoms with Crippen molar-refractivity contribution >= 4 is 11.9 Å². The number of anilines is 1. The second kappa shape index (κ2) is 10.6. The van der Waals surface area contributed by atoms with E-state index < -0.39 is 17.3 Å². The number of hydrogen-bond donors (Lipinski definition) is 1. The van der Waals surface area contributed by atoms with Crippen LogP contribution in [0.2, 0.25) is 0 Å². The third kappa shape index (κ3) is 6.35. The third-order valence-corrected chi connectivity index (χ3v) is 6.55. The first-order valence-electron chi connectivity index (χ1n) is 12.7. The van der Waals surface area contributed by atoms with Crippen LogP contribution in [-0.2, 0) is 17.5 Å². The van der Waals surface area contributed by atoms with Crippen LogP contribution < -0.4 is 5.73 Å². The monoisotopic (exact) mass is 543 g/mol. The van der Waals surface area contributed by atoms with Crippen LogP contribution in [0.15, 0.2) is 30.5 Å². The molecule has 9 nitrogen and oxygen atoms in total. The highest BCUT2D eigenvalue weighted by molar-refractivity contribution is 5.73. The topological polar surface area (TPSA) is 115 Å². The zero-order chi connectivity index (χ0) is 28.5. The summed E-state index contributed by atoms with van der Waals surface area (Å²) in [6.45, 7) is 8.35. The van der Waals surface area contributed by atoms with Crippen molar-refractivity contribution in [2.45, 2.75) is 71.3 Å². The van der Waals surface area contributed by atoms with Crippen molar-refractivity contribution in [3.05, 3.63) is 52.8 Å². The number of aromatic nitrogens is 4. The van der Waals surface area contributed by atoms with Crippen molar-refractivity contribution in [1.29, 1.82) is 5.26 Å². The zero-order valence-electron chi connectivity index (χ0n) is 22.4. The first-order chi connectivity index (χ1) is 18.3. The summed E-state index contributed by atoms with van der Waals surface area (Å²) in [5, 5.41) is 19.1. The van der Waals surface area contributed by atoms with Gasteiger partial charge in [0.05, 0.1) is 23.8 Å². The highest BCUT2D eigenvalue weighted by Crippen LogP contribution is 2.34. The number of aryl methyl sites for hydroxylation is 1. The molecule has 0 unspecified atom stereocenters. The molecule has 3 aromatic rings. The minimum absolute atomic E-state index is 0.117. The number of likely N-dealkylation sites (tertiary alicyclic amines) is 1. The van der Waals surface area contributed by atoms with Gasteiger partial charge in [-0.3, -0.25) is 4.68 Å².